The predicted molar refractivity (Wildman–Crippen MR) is 78.1 cm³/mol. The molecule has 1 saturated heterocycles. The molecule has 0 aromatic heterocycles. The smallest absolute Gasteiger partial charge is 0.0820 e. The molecule has 0 amide bonds. The van der Waals surface area contributed by atoms with Crippen molar-refractivity contribution in [2.75, 3.05) is 46.9 Å². The van der Waals surface area contributed by atoms with Crippen LogP contribution in [0.1, 0.15) is 11.6 Å². The van der Waals surface area contributed by atoms with E-state index in [0.717, 1.165) is 26.2 Å². The van der Waals surface area contributed by atoms with Gasteiger partial charge < -0.3 is 15.4 Å². The van der Waals surface area contributed by atoms with E-state index in [2.05, 4.69) is 47.2 Å². The van der Waals surface area contributed by atoms with Crippen LogP contribution >= 0.6 is 0 Å². The van der Waals surface area contributed by atoms with Crippen LogP contribution in [0.25, 0.3) is 0 Å². The number of hydrogen-bond acceptors (Lipinski definition) is 4. The number of hydrogen-bond donors (Lipinski definition) is 1. The predicted octanol–water partition coefficient (Wildman–Crippen LogP) is 0.949. The summed E-state index contributed by atoms with van der Waals surface area (Å²) in [5.41, 5.74) is 7.13. The zero-order valence-electron chi connectivity index (χ0n) is 12.0. The standard InChI is InChI=1S/C15H25N3O/c1-17-8-9-18(11-14(10-16)19-2)15(12-17)13-6-4-3-5-7-13/h3-7,14-15H,8-12,16H2,1-2H3. The topological polar surface area (TPSA) is 41.7 Å². The van der Waals surface area contributed by atoms with Crippen LogP contribution in [0.3, 0.4) is 0 Å². The molecule has 0 radical (unpaired) electrons. The van der Waals surface area contributed by atoms with Crippen molar-refractivity contribution in [3.05, 3.63) is 35.9 Å². The van der Waals surface area contributed by atoms with Crippen LogP contribution < -0.4 is 5.73 Å². The van der Waals surface area contributed by atoms with E-state index in [1.54, 1.807) is 7.11 Å². The summed E-state index contributed by atoms with van der Waals surface area (Å²) >= 11 is 0. The fourth-order valence-corrected chi connectivity index (χ4v) is 2.67. The first-order chi connectivity index (χ1) is 9.24. The van der Waals surface area contributed by atoms with Crippen LogP contribution in [0.15, 0.2) is 30.3 Å². The lowest BCUT2D eigenvalue weighted by molar-refractivity contribution is 0.0227. The van der Waals surface area contributed by atoms with Crippen molar-refractivity contribution >= 4 is 0 Å². The number of ether oxygens (including phenoxy) is 1. The summed E-state index contributed by atoms with van der Waals surface area (Å²) in [4.78, 5) is 4.88. The van der Waals surface area contributed by atoms with E-state index in [9.17, 15) is 0 Å². The van der Waals surface area contributed by atoms with E-state index in [1.807, 2.05) is 0 Å². The third-order valence-electron chi connectivity index (χ3n) is 3.91. The summed E-state index contributed by atoms with van der Waals surface area (Å²) in [7, 11) is 3.93. The van der Waals surface area contributed by atoms with Crippen molar-refractivity contribution < 1.29 is 4.74 Å². The van der Waals surface area contributed by atoms with Gasteiger partial charge in [0.05, 0.1) is 6.10 Å². The van der Waals surface area contributed by atoms with Gasteiger partial charge in [0, 0.05) is 45.9 Å². The average Bonchev–Trinajstić information content (AvgIpc) is 2.47. The summed E-state index contributed by atoms with van der Waals surface area (Å²) in [6.45, 7) is 4.70. The Morgan fingerprint density at radius 2 is 2.05 bits per heavy atom. The molecule has 1 fully saturated rings. The number of piperazine rings is 1. The fraction of sp³-hybridized carbons (Fsp3) is 0.600. The first-order valence-electron chi connectivity index (χ1n) is 6.95. The van der Waals surface area contributed by atoms with Gasteiger partial charge in [-0.3, -0.25) is 4.90 Å². The lowest BCUT2D eigenvalue weighted by atomic mass is 10.0. The van der Waals surface area contributed by atoms with Crippen molar-refractivity contribution in [1.29, 1.82) is 0 Å². The molecular weight excluding hydrogens is 238 g/mol. The Morgan fingerprint density at radius 3 is 2.68 bits per heavy atom. The Labute approximate surface area is 116 Å². The lowest BCUT2D eigenvalue weighted by Gasteiger charge is -2.41. The normalized spacial score (nSPS) is 23.4. The monoisotopic (exact) mass is 263 g/mol. The number of methoxy groups -OCH3 is 1. The summed E-state index contributed by atoms with van der Waals surface area (Å²) in [6.07, 6.45) is 0.120. The van der Waals surface area contributed by atoms with Crippen LogP contribution in [0.2, 0.25) is 0 Å². The Hall–Kier alpha value is -0.940. The second kappa shape index (κ2) is 7.01. The number of benzene rings is 1. The van der Waals surface area contributed by atoms with E-state index in [4.69, 9.17) is 10.5 Å². The Bertz CT molecular complexity index is 367. The summed E-state index contributed by atoms with van der Waals surface area (Å²) in [6, 6.07) is 11.1. The minimum absolute atomic E-state index is 0.120. The average molecular weight is 263 g/mol. The zero-order valence-corrected chi connectivity index (χ0v) is 12.0. The molecule has 1 aromatic rings. The zero-order chi connectivity index (χ0) is 13.7. The second-order valence-corrected chi connectivity index (χ2v) is 5.28. The highest BCUT2D eigenvalue weighted by molar-refractivity contribution is 5.20. The molecule has 0 aliphatic carbocycles. The third-order valence-corrected chi connectivity index (χ3v) is 3.91. The highest BCUT2D eigenvalue weighted by atomic mass is 16.5. The van der Waals surface area contributed by atoms with Crippen molar-refractivity contribution in [3.8, 4) is 0 Å². The Morgan fingerprint density at radius 1 is 1.32 bits per heavy atom. The first-order valence-corrected chi connectivity index (χ1v) is 6.95. The minimum atomic E-state index is 0.120. The van der Waals surface area contributed by atoms with Crippen molar-refractivity contribution in [3.63, 3.8) is 0 Å². The number of likely N-dealkylation sites (N-methyl/N-ethyl adjacent to an activating group) is 1. The maximum absolute atomic E-state index is 5.75. The molecule has 0 spiro atoms. The van der Waals surface area contributed by atoms with Gasteiger partial charge in [-0.2, -0.15) is 0 Å². The van der Waals surface area contributed by atoms with Crippen LogP contribution in [-0.2, 0) is 4.74 Å². The molecule has 1 aromatic carbocycles. The molecule has 0 bridgehead atoms. The molecule has 4 nitrogen and oxygen atoms in total. The van der Waals surface area contributed by atoms with Crippen LogP contribution in [0, 0.1) is 0 Å². The fourth-order valence-electron chi connectivity index (χ4n) is 2.67. The van der Waals surface area contributed by atoms with E-state index < -0.39 is 0 Å². The van der Waals surface area contributed by atoms with Crippen molar-refractivity contribution in [2.24, 2.45) is 5.73 Å². The molecule has 0 saturated carbocycles. The van der Waals surface area contributed by atoms with Gasteiger partial charge in [-0.1, -0.05) is 30.3 Å². The van der Waals surface area contributed by atoms with E-state index >= 15 is 0 Å². The van der Waals surface area contributed by atoms with Gasteiger partial charge in [-0.05, 0) is 12.6 Å². The highest BCUT2D eigenvalue weighted by Crippen LogP contribution is 2.24. The molecule has 2 unspecified atom stereocenters. The lowest BCUT2D eigenvalue weighted by Crippen LogP contribution is -2.50. The van der Waals surface area contributed by atoms with E-state index in [1.165, 1.54) is 5.56 Å². The van der Waals surface area contributed by atoms with Gasteiger partial charge in [0.25, 0.3) is 0 Å². The first kappa shape index (κ1) is 14.5. The second-order valence-electron chi connectivity index (χ2n) is 5.28. The molecule has 2 atom stereocenters. The molecule has 1 heterocycles. The number of nitrogens with zero attached hydrogens (tertiary/aromatic N) is 2. The highest BCUT2D eigenvalue weighted by Gasteiger charge is 2.27. The van der Waals surface area contributed by atoms with E-state index in [-0.39, 0.29) is 6.10 Å². The molecular formula is C15H25N3O. The molecule has 2 rings (SSSR count). The Kier molecular flexibility index (Phi) is 5.34. The van der Waals surface area contributed by atoms with Gasteiger partial charge in [0.1, 0.15) is 0 Å². The molecule has 4 heteroatoms. The number of nitrogens with two attached hydrogens (primary N) is 1. The Balaban J connectivity index is 2.11. The molecule has 1 aliphatic heterocycles. The van der Waals surface area contributed by atoms with Gasteiger partial charge in [-0.15, -0.1) is 0 Å². The largest absolute Gasteiger partial charge is 0.379 e. The molecule has 2 N–H and O–H groups in total. The van der Waals surface area contributed by atoms with Crippen LogP contribution in [0.5, 0.6) is 0 Å². The number of rotatable bonds is 5. The van der Waals surface area contributed by atoms with Gasteiger partial charge in [-0.25, -0.2) is 0 Å². The minimum Gasteiger partial charge on any atom is -0.379 e. The maximum Gasteiger partial charge on any atom is 0.0820 e. The van der Waals surface area contributed by atoms with Gasteiger partial charge in [0.15, 0.2) is 0 Å². The maximum atomic E-state index is 5.75. The van der Waals surface area contributed by atoms with Gasteiger partial charge in [0.2, 0.25) is 0 Å². The van der Waals surface area contributed by atoms with Crippen molar-refractivity contribution in [2.45, 2.75) is 12.1 Å². The van der Waals surface area contributed by atoms with Crippen molar-refractivity contribution in [1.82, 2.24) is 9.80 Å². The molecule has 106 valence electrons. The van der Waals surface area contributed by atoms with Crippen LogP contribution in [0.4, 0.5) is 0 Å². The summed E-state index contributed by atoms with van der Waals surface area (Å²) in [5.74, 6) is 0. The van der Waals surface area contributed by atoms with E-state index in [0.29, 0.717) is 12.6 Å². The third kappa shape index (κ3) is 3.76. The quantitative estimate of drug-likeness (QED) is 0.859. The molecule has 1 aliphatic rings. The summed E-state index contributed by atoms with van der Waals surface area (Å²) < 4.78 is 5.43. The van der Waals surface area contributed by atoms with Crippen LogP contribution in [-0.4, -0.2) is 62.8 Å². The molecule has 19 heavy (non-hydrogen) atoms. The summed E-state index contributed by atoms with van der Waals surface area (Å²) in [5, 5.41) is 0. The SMILES string of the molecule is COC(CN)CN1CCN(C)CC1c1ccccc1. The van der Waals surface area contributed by atoms with Gasteiger partial charge >= 0.3 is 0 Å².